The Hall–Kier alpha value is -2.39. The summed E-state index contributed by atoms with van der Waals surface area (Å²) < 4.78 is 19.5. The molecule has 1 aromatic heterocycles. The van der Waals surface area contributed by atoms with Gasteiger partial charge in [-0.25, -0.2) is 0 Å². The Morgan fingerprint density at radius 3 is 2.21 bits per heavy atom. The summed E-state index contributed by atoms with van der Waals surface area (Å²) in [6, 6.07) is 17.2. The van der Waals surface area contributed by atoms with E-state index in [2.05, 4.69) is 26.1 Å². The standard InChI is InChI=1S/C24H20BrCl2N3O3S/c1-31-19-11-15(12-20(32-2)22(19)33-3)23-28-29-24(30(23)17-9-7-16(25)8-10-17)34-13-14-5-4-6-18(26)21(14)27/h4-12H,13H2,1-3H3. The van der Waals surface area contributed by atoms with Crippen molar-refractivity contribution in [2.24, 2.45) is 0 Å². The summed E-state index contributed by atoms with van der Waals surface area (Å²) in [7, 11) is 4.73. The molecule has 6 nitrogen and oxygen atoms in total. The number of nitrogens with zero attached hydrogens (tertiary/aromatic N) is 3. The first-order chi connectivity index (χ1) is 16.5. The van der Waals surface area contributed by atoms with Crippen LogP contribution in [0, 0.1) is 0 Å². The van der Waals surface area contributed by atoms with E-state index in [-0.39, 0.29) is 0 Å². The van der Waals surface area contributed by atoms with Gasteiger partial charge in [-0.1, -0.05) is 63.0 Å². The van der Waals surface area contributed by atoms with E-state index in [9.17, 15) is 0 Å². The van der Waals surface area contributed by atoms with Crippen LogP contribution >= 0.6 is 50.9 Å². The van der Waals surface area contributed by atoms with Crippen molar-refractivity contribution >= 4 is 50.9 Å². The lowest BCUT2D eigenvalue weighted by Gasteiger charge is -2.15. The molecule has 0 aliphatic rings. The average Bonchev–Trinajstić information content (AvgIpc) is 3.28. The Labute approximate surface area is 220 Å². The summed E-state index contributed by atoms with van der Waals surface area (Å²) in [5, 5.41) is 10.8. The number of ether oxygens (including phenoxy) is 3. The molecule has 0 unspecified atom stereocenters. The maximum Gasteiger partial charge on any atom is 0.203 e. The number of methoxy groups -OCH3 is 3. The van der Waals surface area contributed by atoms with Crippen molar-refractivity contribution in [3.05, 3.63) is 74.7 Å². The quantitative estimate of drug-likeness (QED) is 0.203. The normalized spacial score (nSPS) is 10.9. The molecular formula is C24H20BrCl2N3O3S. The van der Waals surface area contributed by atoms with Gasteiger partial charge >= 0.3 is 0 Å². The lowest BCUT2D eigenvalue weighted by molar-refractivity contribution is 0.324. The van der Waals surface area contributed by atoms with Crippen molar-refractivity contribution in [1.82, 2.24) is 14.8 Å². The van der Waals surface area contributed by atoms with Crippen LogP contribution < -0.4 is 14.2 Å². The monoisotopic (exact) mass is 579 g/mol. The number of hydrogen-bond acceptors (Lipinski definition) is 6. The highest BCUT2D eigenvalue weighted by atomic mass is 79.9. The van der Waals surface area contributed by atoms with E-state index in [4.69, 9.17) is 37.4 Å². The SMILES string of the molecule is COc1cc(-c2nnc(SCc3cccc(Cl)c3Cl)n2-c2ccc(Br)cc2)cc(OC)c1OC. The van der Waals surface area contributed by atoms with Crippen molar-refractivity contribution in [3.8, 4) is 34.3 Å². The number of aromatic nitrogens is 3. The first-order valence-corrected chi connectivity index (χ1v) is 12.6. The van der Waals surface area contributed by atoms with E-state index in [0.717, 1.165) is 21.3 Å². The highest BCUT2D eigenvalue weighted by Gasteiger charge is 2.21. The molecule has 0 spiro atoms. The maximum atomic E-state index is 6.40. The lowest BCUT2D eigenvalue weighted by Crippen LogP contribution is -2.01. The highest BCUT2D eigenvalue weighted by molar-refractivity contribution is 9.10. The summed E-state index contributed by atoms with van der Waals surface area (Å²) in [6.45, 7) is 0. The van der Waals surface area contributed by atoms with E-state index >= 15 is 0 Å². The first kappa shape index (κ1) is 24.7. The predicted octanol–water partition coefficient (Wildman–Crippen LogP) is 7.32. The molecule has 0 saturated heterocycles. The Morgan fingerprint density at radius 2 is 1.59 bits per heavy atom. The van der Waals surface area contributed by atoms with E-state index in [1.165, 1.54) is 11.8 Å². The Balaban J connectivity index is 1.82. The van der Waals surface area contributed by atoms with E-state index < -0.39 is 0 Å². The van der Waals surface area contributed by atoms with Crippen LogP contribution in [0.25, 0.3) is 17.1 Å². The van der Waals surface area contributed by atoms with Crippen LogP contribution in [0.15, 0.2) is 64.2 Å². The van der Waals surface area contributed by atoms with Crippen LogP contribution in [0.5, 0.6) is 17.2 Å². The second kappa shape index (κ2) is 10.9. The first-order valence-electron chi connectivity index (χ1n) is 10.0. The molecule has 0 saturated carbocycles. The molecule has 1 heterocycles. The van der Waals surface area contributed by atoms with Gasteiger partial charge in [0.25, 0.3) is 0 Å². The third-order valence-electron chi connectivity index (χ3n) is 5.03. The summed E-state index contributed by atoms with van der Waals surface area (Å²) in [6.07, 6.45) is 0. The van der Waals surface area contributed by atoms with Crippen LogP contribution in [-0.2, 0) is 5.75 Å². The van der Waals surface area contributed by atoms with Crippen molar-refractivity contribution < 1.29 is 14.2 Å². The fraction of sp³-hybridized carbons (Fsp3) is 0.167. The third-order valence-corrected chi connectivity index (χ3v) is 7.39. The maximum absolute atomic E-state index is 6.40. The average molecular weight is 581 g/mol. The molecule has 4 rings (SSSR count). The number of halogens is 3. The van der Waals surface area contributed by atoms with Gasteiger partial charge in [0.15, 0.2) is 22.5 Å². The van der Waals surface area contributed by atoms with Crippen molar-refractivity contribution in [2.45, 2.75) is 10.9 Å². The summed E-state index contributed by atoms with van der Waals surface area (Å²) in [5.74, 6) is 2.77. The van der Waals surface area contributed by atoms with Crippen molar-refractivity contribution in [1.29, 1.82) is 0 Å². The van der Waals surface area contributed by atoms with Crippen molar-refractivity contribution in [3.63, 3.8) is 0 Å². The minimum Gasteiger partial charge on any atom is -0.493 e. The van der Waals surface area contributed by atoms with Crippen LogP contribution in [-0.4, -0.2) is 36.1 Å². The number of benzene rings is 3. The number of hydrogen-bond donors (Lipinski definition) is 0. The number of thioether (sulfide) groups is 1. The molecule has 0 aliphatic carbocycles. The zero-order valence-electron chi connectivity index (χ0n) is 18.5. The molecule has 0 bridgehead atoms. The van der Waals surface area contributed by atoms with Crippen LogP contribution in [0.2, 0.25) is 10.0 Å². The fourth-order valence-corrected chi connectivity index (χ4v) is 5.06. The third kappa shape index (κ3) is 5.00. The second-order valence-electron chi connectivity index (χ2n) is 7.03. The van der Waals surface area contributed by atoms with Crippen molar-refractivity contribution in [2.75, 3.05) is 21.3 Å². The van der Waals surface area contributed by atoms with E-state index in [0.29, 0.717) is 44.0 Å². The second-order valence-corrected chi connectivity index (χ2v) is 9.68. The molecule has 0 radical (unpaired) electrons. The largest absolute Gasteiger partial charge is 0.493 e. The molecule has 0 amide bonds. The lowest BCUT2D eigenvalue weighted by atomic mass is 10.1. The molecule has 10 heteroatoms. The van der Waals surface area contributed by atoms with Gasteiger partial charge in [0.1, 0.15) is 0 Å². The fourth-order valence-electron chi connectivity index (χ4n) is 3.39. The smallest absolute Gasteiger partial charge is 0.203 e. The highest BCUT2D eigenvalue weighted by Crippen LogP contribution is 2.42. The molecule has 3 aromatic carbocycles. The molecule has 0 aliphatic heterocycles. The van der Waals surface area contributed by atoms with Crippen LogP contribution in [0.3, 0.4) is 0 Å². The van der Waals surface area contributed by atoms with Gasteiger partial charge in [-0.3, -0.25) is 4.57 Å². The van der Waals surface area contributed by atoms with E-state index in [1.807, 2.05) is 53.1 Å². The predicted molar refractivity (Wildman–Crippen MR) is 140 cm³/mol. The molecular weight excluding hydrogens is 561 g/mol. The summed E-state index contributed by atoms with van der Waals surface area (Å²) >= 11 is 17.6. The summed E-state index contributed by atoms with van der Waals surface area (Å²) in [4.78, 5) is 0. The Morgan fingerprint density at radius 1 is 0.912 bits per heavy atom. The molecule has 0 fully saturated rings. The van der Waals surface area contributed by atoms with Gasteiger partial charge in [0.2, 0.25) is 5.75 Å². The minimum absolute atomic E-state index is 0.508. The minimum atomic E-state index is 0.508. The summed E-state index contributed by atoms with van der Waals surface area (Å²) in [5.41, 5.74) is 2.58. The Bertz CT molecular complexity index is 1290. The van der Waals surface area contributed by atoms with Gasteiger partial charge in [-0.2, -0.15) is 0 Å². The van der Waals surface area contributed by atoms with Gasteiger partial charge in [0, 0.05) is 21.5 Å². The van der Waals surface area contributed by atoms with Gasteiger partial charge in [-0.15, -0.1) is 10.2 Å². The van der Waals surface area contributed by atoms with E-state index in [1.54, 1.807) is 27.4 Å². The van der Waals surface area contributed by atoms with Gasteiger partial charge in [0.05, 0.1) is 31.4 Å². The molecule has 176 valence electrons. The molecule has 0 atom stereocenters. The Kier molecular flexibility index (Phi) is 7.93. The topological polar surface area (TPSA) is 58.4 Å². The number of rotatable bonds is 8. The van der Waals surface area contributed by atoms with Crippen LogP contribution in [0.4, 0.5) is 0 Å². The molecule has 4 aromatic rings. The van der Waals surface area contributed by atoms with Crippen LogP contribution in [0.1, 0.15) is 5.56 Å². The van der Waals surface area contributed by atoms with Gasteiger partial charge < -0.3 is 14.2 Å². The molecule has 0 N–H and O–H groups in total. The molecule has 34 heavy (non-hydrogen) atoms. The zero-order valence-corrected chi connectivity index (χ0v) is 22.4. The van der Waals surface area contributed by atoms with Gasteiger partial charge in [-0.05, 0) is 48.0 Å². The zero-order chi connectivity index (χ0) is 24.2.